The molecule has 142 valence electrons. The third kappa shape index (κ3) is 5.59. The number of anilines is 1. The van der Waals surface area contributed by atoms with Crippen LogP contribution in [0.2, 0.25) is 5.02 Å². The summed E-state index contributed by atoms with van der Waals surface area (Å²) < 4.78 is 11.2. The minimum atomic E-state index is -0.261. The second-order valence-electron chi connectivity index (χ2n) is 5.89. The Hall–Kier alpha value is -3.31. The van der Waals surface area contributed by atoms with E-state index < -0.39 is 0 Å². The largest absolute Gasteiger partial charge is 0.493 e. The molecule has 0 fully saturated rings. The number of amides is 1. The van der Waals surface area contributed by atoms with Crippen LogP contribution in [0.4, 0.5) is 5.69 Å². The van der Waals surface area contributed by atoms with E-state index in [2.05, 4.69) is 10.3 Å². The van der Waals surface area contributed by atoms with E-state index in [-0.39, 0.29) is 5.91 Å². The zero-order valence-corrected chi connectivity index (χ0v) is 16.0. The van der Waals surface area contributed by atoms with Gasteiger partial charge in [0.2, 0.25) is 5.91 Å². The van der Waals surface area contributed by atoms with E-state index in [1.807, 2.05) is 24.3 Å². The highest BCUT2D eigenvalue weighted by Gasteiger charge is 2.08. The highest BCUT2D eigenvalue weighted by Crippen LogP contribution is 2.31. The first kappa shape index (κ1) is 19.5. The van der Waals surface area contributed by atoms with Crippen LogP contribution in [0.3, 0.4) is 0 Å². The standard InChI is InChI=1S/C22H19ClN2O3/c1-27-20-9-8-19(13-21(20)28-15-17-5-3-11-24-14-17)25-22(26)10-7-16-4-2-6-18(23)12-16/h2-14H,15H2,1H3,(H,25,26)/b10-7+. The van der Waals surface area contributed by atoms with Crippen LogP contribution in [-0.4, -0.2) is 18.0 Å². The lowest BCUT2D eigenvalue weighted by molar-refractivity contribution is -0.111. The van der Waals surface area contributed by atoms with Crippen LogP contribution in [-0.2, 0) is 11.4 Å². The van der Waals surface area contributed by atoms with Crippen LogP contribution >= 0.6 is 11.6 Å². The number of rotatable bonds is 7. The zero-order chi connectivity index (χ0) is 19.8. The highest BCUT2D eigenvalue weighted by molar-refractivity contribution is 6.30. The molecule has 3 aromatic rings. The molecule has 0 aliphatic heterocycles. The molecule has 0 atom stereocenters. The SMILES string of the molecule is COc1ccc(NC(=O)/C=C/c2cccc(Cl)c2)cc1OCc1cccnc1. The van der Waals surface area contributed by atoms with Crippen LogP contribution in [0, 0.1) is 0 Å². The third-order valence-corrected chi connectivity index (χ3v) is 4.06. The van der Waals surface area contributed by atoms with E-state index in [0.29, 0.717) is 28.8 Å². The van der Waals surface area contributed by atoms with Gasteiger partial charge in [0.05, 0.1) is 7.11 Å². The minimum absolute atomic E-state index is 0.261. The first-order chi connectivity index (χ1) is 13.6. The summed E-state index contributed by atoms with van der Waals surface area (Å²) in [5.74, 6) is 0.850. The summed E-state index contributed by atoms with van der Waals surface area (Å²) in [6.45, 7) is 0.344. The maximum Gasteiger partial charge on any atom is 0.248 e. The smallest absolute Gasteiger partial charge is 0.248 e. The number of benzene rings is 2. The summed E-state index contributed by atoms with van der Waals surface area (Å²) in [5.41, 5.74) is 2.38. The number of nitrogens with zero attached hydrogens (tertiary/aromatic N) is 1. The Morgan fingerprint density at radius 1 is 1.14 bits per heavy atom. The van der Waals surface area contributed by atoms with Gasteiger partial charge in [-0.05, 0) is 42.0 Å². The van der Waals surface area contributed by atoms with Gasteiger partial charge in [0.15, 0.2) is 11.5 Å². The molecule has 0 saturated heterocycles. The average Bonchev–Trinajstić information content (AvgIpc) is 2.72. The molecule has 1 amide bonds. The minimum Gasteiger partial charge on any atom is -0.493 e. The number of aromatic nitrogens is 1. The van der Waals surface area contributed by atoms with Crippen molar-refractivity contribution >= 4 is 29.3 Å². The van der Waals surface area contributed by atoms with E-state index in [4.69, 9.17) is 21.1 Å². The number of methoxy groups -OCH3 is 1. The van der Waals surface area contributed by atoms with Crippen LogP contribution in [0.25, 0.3) is 6.08 Å². The lowest BCUT2D eigenvalue weighted by Crippen LogP contribution is -2.08. The molecular formula is C22H19ClN2O3. The Morgan fingerprint density at radius 2 is 2.04 bits per heavy atom. The molecule has 3 rings (SSSR count). The van der Waals surface area contributed by atoms with E-state index >= 15 is 0 Å². The molecule has 5 nitrogen and oxygen atoms in total. The van der Waals surface area contributed by atoms with E-state index in [0.717, 1.165) is 11.1 Å². The number of hydrogen-bond donors (Lipinski definition) is 1. The summed E-state index contributed by atoms with van der Waals surface area (Å²) in [7, 11) is 1.57. The van der Waals surface area contributed by atoms with Gasteiger partial charge in [-0.3, -0.25) is 9.78 Å². The van der Waals surface area contributed by atoms with Gasteiger partial charge in [-0.25, -0.2) is 0 Å². The normalized spacial score (nSPS) is 10.6. The predicted molar refractivity (Wildman–Crippen MR) is 111 cm³/mol. The molecule has 0 spiro atoms. The van der Waals surface area contributed by atoms with Gasteiger partial charge < -0.3 is 14.8 Å². The fraction of sp³-hybridized carbons (Fsp3) is 0.0909. The molecule has 0 aliphatic rings. The molecule has 6 heteroatoms. The fourth-order valence-electron chi connectivity index (χ4n) is 2.48. The van der Waals surface area contributed by atoms with Crippen molar-refractivity contribution in [1.29, 1.82) is 0 Å². The van der Waals surface area contributed by atoms with Gasteiger partial charge in [0, 0.05) is 40.8 Å². The lowest BCUT2D eigenvalue weighted by Gasteiger charge is -2.12. The number of carbonyl (C=O) groups excluding carboxylic acids is 1. The van der Waals surface area contributed by atoms with E-state index in [1.54, 1.807) is 55.9 Å². The van der Waals surface area contributed by atoms with Crippen molar-refractivity contribution in [2.45, 2.75) is 6.61 Å². The number of nitrogens with one attached hydrogen (secondary N) is 1. The Balaban J connectivity index is 1.67. The average molecular weight is 395 g/mol. The quantitative estimate of drug-likeness (QED) is 0.574. The first-order valence-corrected chi connectivity index (χ1v) is 8.96. The molecule has 0 saturated carbocycles. The molecule has 0 aliphatic carbocycles. The Morgan fingerprint density at radius 3 is 2.79 bits per heavy atom. The molecule has 2 aromatic carbocycles. The third-order valence-electron chi connectivity index (χ3n) is 3.82. The van der Waals surface area contributed by atoms with Crippen LogP contribution in [0.1, 0.15) is 11.1 Å². The molecular weight excluding hydrogens is 376 g/mol. The van der Waals surface area contributed by atoms with Gasteiger partial charge in [0.1, 0.15) is 6.61 Å². The van der Waals surface area contributed by atoms with Crippen molar-refractivity contribution < 1.29 is 14.3 Å². The Labute approximate surface area is 168 Å². The maximum atomic E-state index is 12.2. The van der Waals surface area contributed by atoms with Gasteiger partial charge in [0.25, 0.3) is 0 Å². The van der Waals surface area contributed by atoms with Gasteiger partial charge in [-0.1, -0.05) is 29.8 Å². The number of ether oxygens (including phenoxy) is 2. The molecule has 0 bridgehead atoms. The van der Waals surface area contributed by atoms with Crippen LogP contribution in [0.5, 0.6) is 11.5 Å². The number of pyridine rings is 1. The van der Waals surface area contributed by atoms with Crippen molar-refractivity contribution in [3.63, 3.8) is 0 Å². The highest BCUT2D eigenvalue weighted by atomic mass is 35.5. The molecule has 0 unspecified atom stereocenters. The van der Waals surface area contributed by atoms with Crippen molar-refractivity contribution in [1.82, 2.24) is 4.98 Å². The molecule has 1 N–H and O–H groups in total. The number of carbonyl (C=O) groups is 1. The molecule has 1 aromatic heterocycles. The van der Waals surface area contributed by atoms with E-state index in [1.165, 1.54) is 6.08 Å². The number of hydrogen-bond acceptors (Lipinski definition) is 4. The monoisotopic (exact) mass is 394 g/mol. The van der Waals surface area contributed by atoms with Gasteiger partial charge in [-0.15, -0.1) is 0 Å². The van der Waals surface area contributed by atoms with Crippen LogP contribution in [0.15, 0.2) is 73.1 Å². The van der Waals surface area contributed by atoms with Crippen molar-refractivity contribution in [2.24, 2.45) is 0 Å². The lowest BCUT2D eigenvalue weighted by atomic mass is 10.2. The van der Waals surface area contributed by atoms with Gasteiger partial charge in [-0.2, -0.15) is 0 Å². The second kappa shape index (κ2) is 9.58. The summed E-state index contributed by atoms with van der Waals surface area (Å²) in [5, 5.41) is 3.43. The Kier molecular flexibility index (Phi) is 6.65. The van der Waals surface area contributed by atoms with Crippen molar-refractivity contribution in [2.75, 3.05) is 12.4 Å². The maximum absolute atomic E-state index is 12.2. The fourth-order valence-corrected chi connectivity index (χ4v) is 2.68. The summed E-state index contributed by atoms with van der Waals surface area (Å²) in [4.78, 5) is 16.3. The first-order valence-electron chi connectivity index (χ1n) is 8.58. The van der Waals surface area contributed by atoms with Gasteiger partial charge >= 0.3 is 0 Å². The van der Waals surface area contributed by atoms with Crippen molar-refractivity contribution in [3.8, 4) is 11.5 Å². The summed E-state index contributed by atoms with van der Waals surface area (Å²) >= 11 is 5.95. The summed E-state index contributed by atoms with van der Waals surface area (Å²) in [6.07, 6.45) is 6.59. The topological polar surface area (TPSA) is 60.5 Å². The molecule has 0 radical (unpaired) electrons. The van der Waals surface area contributed by atoms with Crippen LogP contribution < -0.4 is 14.8 Å². The predicted octanol–water partition coefficient (Wildman–Crippen LogP) is 4.97. The zero-order valence-electron chi connectivity index (χ0n) is 15.3. The van der Waals surface area contributed by atoms with Crippen molar-refractivity contribution in [3.05, 3.63) is 89.2 Å². The second-order valence-corrected chi connectivity index (χ2v) is 6.33. The number of halogens is 1. The molecule has 28 heavy (non-hydrogen) atoms. The molecule has 1 heterocycles. The summed E-state index contributed by atoms with van der Waals surface area (Å²) in [6, 6.07) is 16.2. The Bertz CT molecular complexity index is 975. The van der Waals surface area contributed by atoms with E-state index in [9.17, 15) is 4.79 Å².